The summed E-state index contributed by atoms with van der Waals surface area (Å²) >= 11 is 0. The Hall–Kier alpha value is -3.36. The number of benzene rings is 1. The van der Waals surface area contributed by atoms with Gasteiger partial charge in [-0.15, -0.1) is 0 Å². The molecule has 252 valence electrons. The number of hydrogen-bond donors (Lipinski definition) is 4. The summed E-state index contributed by atoms with van der Waals surface area (Å²) in [6.07, 6.45) is 5.38. The fraction of sp³-hybridized carbons (Fsp3) is 0.636. The highest BCUT2D eigenvalue weighted by Crippen LogP contribution is 2.32. The molecular weight excluding hydrogens is 596 g/mol. The second kappa shape index (κ2) is 15.5. The number of morpholine rings is 1. The normalized spacial score (nSPS) is 23.8. The van der Waals surface area contributed by atoms with E-state index < -0.39 is 41.6 Å². The summed E-state index contributed by atoms with van der Waals surface area (Å²) < 4.78 is 21.8. The number of aliphatic hydroxyl groups is 1. The summed E-state index contributed by atoms with van der Waals surface area (Å²) in [5.41, 5.74) is 0.433. The molecule has 2 heterocycles. The molecule has 13 nitrogen and oxygen atoms in total. The molecule has 13 heteroatoms. The van der Waals surface area contributed by atoms with Crippen LogP contribution in [0.5, 0.6) is 5.75 Å². The van der Waals surface area contributed by atoms with Crippen molar-refractivity contribution in [2.45, 2.75) is 81.4 Å². The maximum atomic E-state index is 14.0. The van der Waals surface area contributed by atoms with Crippen molar-refractivity contribution in [3.63, 3.8) is 0 Å². The predicted octanol–water partition coefficient (Wildman–Crippen LogP) is 0.553. The minimum atomic E-state index is -1.50. The monoisotopic (exact) mass is 642 g/mol. The Kier molecular flexibility index (Phi) is 11.4. The van der Waals surface area contributed by atoms with E-state index in [1.54, 1.807) is 31.2 Å². The van der Waals surface area contributed by atoms with Crippen LogP contribution in [0.1, 0.15) is 57.1 Å². The second-order valence-electron chi connectivity index (χ2n) is 12.6. The van der Waals surface area contributed by atoms with E-state index in [1.165, 1.54) is 7.11 Å². The van der Waals surface area contributed by atoms with Crippen LogP contribution in [0.15, 0.2) is 35.9 Å². The van der Waals surface area contributed by atoms with Crippen LogP contribution in [0.3, 0.4) is 0 Å². The number of carbonyl (C=O) groups is 4. The first-order valence-electron chi connectivity index (χ1n) is 16.1. The van der Waals surface area contributed by atoms with Crippen LogP contribution in [-0.2, 0) is 33.4 Å². The van der Waals surface area contributed by atoms with Crippen LogP contribution in [0.25, 0.3) is 0 Å². The average Bonchev–Trinajstić information content (AvgIpc) is 3.99. The number of amides is 3. The van der Waals surface area contributed by atoms with Gasteiger partial charge in [-0.2, -0.15) is 0 Å². The van der Waals surface area contributed by atoms with Gasteiger partial charge in [0.2, 0.25) is 17.7 Å². The molecule has 2 aliphatic carbocycles. The van der Waals surface area contributed by atoms with Gasteiger partial charge in [0.05, 0.1) is 52.2 Å². The fourth-order valence-corrected chi connectivity index (χ4v) is 5.66. The first-order valence-corrected chi connectivity index (χ1v) is 16.1. The summed E-state index contributed by atoms with van der Waals surface area (Å²) in [6.45, 7) is 4.17. The molecular formula is C33H46N4O9. The van der Waals surface area contributed by atoms with Crippen LogP contribution >= 0.6 is 0 Å². The molecule has 0 aromatic heterocycles. The molecule has 0 spiro atoms. The Morgan fingerprint density at radius 3 is 2.37 bits per heavy atom. The van der Waals surface area contributed by atoms with Crippen LogP contribution in [0.2, 0.25) is 0 Å². The second-order valence-corrected chi connectivity index (χ2v) is 12.6. The number of ether oxygens (including phenoxy) is 4. The minimum Gasteiger partial charge on any atom is -0.497 e. The van der Waals surface area contributed by atoms with E-state index in [2.05, 4.69) is 22.0 Å². The van der Waals surface area contributed by atoms with Crippen molar-refractivity contribution in [3.8, 4) is 5.75 Å². The van der Waals surface area contributed by atoms with Crippen LogP contribution in [0.4, 0.5) is 0 Å². The standard InChI is InChI=1S/C33H46N4O9/c1-33(20-46-33)30(40)25(17-21-5-3-4-6-21)35-32(42)28(29(39)22-7-9-23(43-2)10-8-22)36-31(41)26(19-45-24-11-12-24)34-27(38)18-37-13-15-44-16-14-37/h5,7-10,24-26,28-29,39H,3-4,6,11-20H2,1-2H3,(H,34,38)(H,35,42)(H,36,41)/t25-,26-,28-,29+,33+/m0/s1. The smallest absolute Gasteiger partial charge is 0.246 e. The number of carbonyl (C=O) groups excluding carboxylic acids is 4. The summed E-state index contributed by atoms with van der Waals surface area (Å²) in [6, 6.07) is 2.94. The fourth-order valence-electron chi connectivity index (χ4n) is 5.66. The zero-order chi connectivity index (χ0) is 32.7. The SMILES string of the molecule is COc1ccc([C@@H](O)[C@H](NC(=O)[C@H](COC2CC2)NC(=O)CN2CCOCC2)C(=O)N[C@@H](CC2=CCCC2)C(=O)[C@@]2(C)CO2)cc1. The van der Waals surface area contributed by atoms with Gasteiger partial charge in [0.15, 0.2) is 5.78 Å². The number of Topliss-reactive ketones (excluding diaryl/α,β-unsaturated/α-hetero) is 1. The molecule has 1 aromatic rings. The Labute approximate surface area is 269 Å². The molecule has 46 heavy (non-hydrogen) atoms. The number of rotatable bonds is 17. The van der Waals surface area contributed by atoms with Gasteiger partial charge in [-0.3, -0.25) is 24.1 Å². The highest BCUT2D eigenvalue weighted by Gasteiger charge is 2.50. The number of aliphatic hydroxyl groups excluding tert-OH is 1. The molecule has 1 saturated carbocycles. The van der Waals surface area contributed by atoms with Crippen molar-refractivity contribution in [2.75, 3.05) is 53.2 Å². The minimum absolute atomic E-state index is 0.0121. The van der Waals surface area contributed by atoms with E-state index in [0.29, 0.717) is 44.0 Å². The largest absolute Gasteiger partial charge is 0.497 e. The lowest BCUT2D eigenvalue weighted by Gasteiger charge is -2.29. The van der Waals surface area contributed by atoms with Gasteiger partial charge in [0.1, 0.15) is 29.5 Å². The molecule has 5 rings (SSSR count). The molecule has 0 unspecified atom stereocenters. The first kappa shape index (κ1) is 34.0. The van der Waals surface area contributed by atoms with E-state index in [-0.39, 0.29) is 37.6 Å². The van der Waals surface area contributed by atoms with Crippen LogP contribution < -0.4 is 20.7 Å². The number of methoxy groups -OCH3 is 1. The van der Waals surface area contributed by atoms with E-state index >= 15 is 0 Å². The third-order valence-electron chi connectivity index (χ3n) is 8.83. The molecule has 5 atom stereocenters. The highest BCUT2D eigenvalue weighted by atomic mass is 16.6. The van der Waals surface area contributed by atoms with Crippen molar-refractivity contribution < 1.29 is 43.2 Å². The molecule has 3 fully saturated rings. The van der Waals surface area contributed by atoms with Gasteiger partial charge in [-0.05, 0) is 63.1 Å². The maximum absolute atomic E-state index is 14.0. The van der Waals surface area contributed by atoms with E-state index in [1.807, 2.05) is 4.90 Å². The van der Waals surface area contributed by atoms with Gasteiger partial charge >= 0.3 is 0 Å². The highest BCUT2D eigenvalue weighted by molar-refractivity contribution is 5.99. The average molecular weight is 643 g/mol. The van der Waals surface area contributed by atoms with Crippen LogP contribution in [-0.4, -0.2) is 117 Å². The maximum Gasteiger partial charge on any atom is 0.246 e. The van der Waals surface area contributed by atoms with Gasteiger partial charge in [-0.1, -0.05) is 23.8 Å². The molecule has 4 aliphatic rings. The zero-order valence-corrected chi connectivity index (χ0v) is 26.6. The lowest BCUT2D eigenvalue weighted by molar-refractivity contribution is -0.137. The Balaban J connectivity index is 1.34. The lowest BCUT2D eigenvalue weighted by atomic mass is 9.93. The number of ketones is 1. The summed E-state index contributed by atoms with van der Waals surface area (Å²) in [7, 11) is 1.51. The number of hydrogen-bond acceptors (Lipinski definition) is 10. The van der Waals surface area contributed by atoms with E-state index in [0.717, 1.165) is 37.7 Å². The van der Waals surface area contributed by atoms with Crippen LogP contribution in [0, 0.1) is 0 Å². The molecule has 0 bridgehead atoms. The van der Waals surface area contributed by atoms with Gasteiger partial charge in [0, 0.05) is 13.1 Å². The number of nitrogens with one attached hydrogen (secondary N) is 3. The van der Waals surface area contributed by atoms with Gasteiger partial charge in [-0.25, -0.2) is 0 Å². The number of allylic oxidation sites excluding steroid dienone is 1. The van der Waals surface area contributed by atoms with Gasteiger partial charge in [0.25, 0.3) is 0 Å². The molecule has 4 N–H and O–H groups in total. The van der Waals surface area contributed by atoms with Crippen molar-refractivity contribution >= 4 is 23.5 Å². The Bertz CT molecular complexity index is 1270. The Morgan fingerprint density at radius 2 is 1.76 bits per heavy atom. The number of nitrogens with zero attached hydrogens (tertiary/aromatic N) is 1. The Morgan fingerprint density at radius 1 is 1.04 bits per heavy atom. The molecule has 2 saturated heterocycles. The molecule has 3 amide bonds. The molecule has 0 radical (unpaired) electrons. The quantitative estimate of drug-likeness (QED) is 0.139. The van der Waals surface area contributed by atoms with Crippen molar-refractivity contribution in [1.29, 1.82) is 0 Å². The summed E-state index contributed by atoms with van der Waals surface area (Å²) in [5.74, 6) is -1.51. The number of epoxide rings is 1. The lowest BCUT2D eigenvalue weighted by Crippen LogP contribution is -2.59. The van der Waals surface area contributed by atoms with Crippen molar-refractivity contribution in [3.05, 3.63) is 41.5 Å². The van der Waals surface area contributed by atoms with E-state index in [9.17, 15) is 24.3 Å². The predicted molar refractivity (Wildman–Crippen MR) is 166 cm³/mol. The third-order valence-corrected chi connectivity index (χ3v) is 8.83. The van der Waals surface area contributed by atoms with E-state index in [4.69, 9.17) is 18.9 Å². The zero-order valence-electron chi connectivity index (χ0n) is 26.6. The first-order chi connectivity index (χ1) is 22.1. The topological polar surface area (TPSA) is 168 Å². The third kappa shape index (κ3) is 9.35. The summed E-state index contributed by atoms with van der Waals surface area (Å²) in [5, 5.41) is 19.7. The van der Waals surface area contributed by atoms with Crippen molar-refractivity contribution in [1.82, 2.24) is 20.9 Å². The van der Waals surface area contributed by atoms with Crippen molar-refractivity contribution in [2.24, 2.45) is 0 Å². The summed E-state index contributed by atoms with van der Waals surface area (Å²) in [4.78, 5) is 56.1. The molecule has 2 aliphatic heterocycles. The molecule has 1 aromatic carbocycles. The van der Waals surface area contributed by atoms with Gasteiger partial charge < -0.3 is 40.0 Å².